The van der Waals surface area contributed by atoms with Crippen LogP contribution in [0.5, 0.6) is 11.8 Å². The maximum absolute atomic E-state index is 13.4. The van der Waals surface area contributed by atoms with Crippen molar-refractivity contribution in [1.82, 2.24) is 24.5 Å². The number of fused-ring (bicyclic) bond motifs is 2. The van der Waals surface area contributed by atoms with Crippen molar-refractivity contribution >= 4 is 45.7 Å². The van der Waals surface area contributed by atoms with Crippen LogP contribution in [0.1, 0.15) is 27.7 Å². The molecule has 0 fully saturated rings. The molecule has 1 amide bonds. The van der Waals surface area contributed by atoms with E-state index in [2.05, 4.69) is 55.9 Å². The molecule has 0 N–H and O–H groups in total. The third-order valence-corrected chi connectivity index (χ3v) is 6.99. The van der Waals surface area contributed by atoms with Crippen molar-refractivity contribution < 1.29 is 14.3 Å². The van der Waals surface area contributed by atoms with Crippen LogP contribution < -0.4 is 9.47 Å². The molecule has 4 aromatic rings. The number of halogens is 2. The van der Waals surface area contributed by atoms with Gasteiger partial charge in [0.15, 0.2) is 11.3 Å². The van der Waals surface area contributed by atoms with Gasteiger partial charge in [-0.2, -0.15) is 10.1 Å². The van der Waals surface area contributed by atoms with Gasteiger partial charge in [0.25, 0.3) is 5.91 Å². The fraction of sp³-hybridized carbons (Fsp3) is 0.250. The maximum atomic E-state index is 13.4. The number of pyridine rings is 1. The number of hydrogen-bond donors (Lipinski definition) is 0. The van der Waals surface area contributed by atoms with Crippen molar-refractivity contribution in [3.63, 3.8) is 0 Å². The van der Waals surface area contributed by atoms with E-state index in [9.17, 15) is 4.79 Å². The predicted molar refractivity (Wildman–Crippen MR) is 137 cm³/mol. The standard InChI is InChI=1S/C24H21ClIN5O3/c1-33-22-6-5-18(23(28-22)34-2)14-3-4-17-15(9-14)7-8-30(20(17)11-26)24(32)19-10-21-27-12-16(25)13-31(21)29-19/h3-6,9-10,12-13,20H,7-8,11H2,1-2H3. The Morgan fingerprint density at radius 1 is 1.21 bits per heavy atom. The Morgan fingerprint density at radius 2 is 2.06 bits per heavy atom. The van der Waals surface area contributed by atoms with Crippen molar-refractivity contribution in [2.75, 3.05) is 25.2 Å². The van der Waals surface area contributed by atoms with Crippen LogP contribution in [0.2, 0.25) is 5.02 Å². The number of methoxy groups -OCH3 is 2. The summed E-state index contributed by atoms with van der Waals surface area (Å²) in [6, 6.07) is 11.7. The minimum Gasteiger partial charge on any atom is -0.481 e. The molecule has 0 bridgehead atoms. The van der Waals surface area contributed by atoms with Gasteiger partial charge in [0.1, 0.15) is 0 Å². The first-order valence-electron chi connectivity index (χ1n) is 10.6. The lowest BCUT2D eigenvalue weighted by molar-refractivity contribution is 0.0677. The zero-order chi connectivity index (χ0) is 23.8. The zero-order valence-corrected chi connectivity index (χ0v) is 21.4. The third kappa shape index (κ3) is 4.07. The number of aromatic nitrogens is 4. The number of amides is 1. The number of nitrogens with zero attached hydrogens (tertiary/aromatic N) is 5. The lowest BCUT2D eigenvalue weighted by Gasteiger charge is -2.36. The van der Waals surface area contributed by atoms with E-state index in [0.29, 0.717) is 34.7 Å². The van der Waals surface area contributed by atoms with E-state index in [1.54, 1.807) is 32.7 Å². The van der Waals surface area contributed by atoms with Gasteiger partial charge in [-0.05, 0) is 29.2 Å². The lowest BCUT2D eigenvalue weighted by Crippen LogP contribution is -2.41. The second kappa shape index (κ2) is 9.38. The van der Waals surface area contributed by atoms with Crippen molar-refractivity contribution in [2.45, 2.75) is 12.5 Å². The monoisotopic (exact) mass is 589 g/mol. The summed E-state index contributed by atoms with van der Waals surface area (Å²) in [5.41, 5.74) is 5.21. The van der Waals surface area contributed by atoms with Gasteiger partial charge in [0.05, 0.1) is 31.5 Å². The van der Waals surface area contributed by atoms with E-state index in [4.69, 9.17) is 21.1 Å². The molecule has 0 saturated carbocycles. The molecule has 0 spiro atoms. The van der Waals surface area contributed by atoms with E-state index in [1.165, 1.54) is 10.1 Å². The Morgan fingerprint density at radius 3 is 2.82 bits per heavy atom. The van der Waals surface area contributed by atoms with E-state index >= 15 is 0 Å². The molecular weight excluding hydrogens is 569 g/mol. The summed E-state index contributed by atoms with van der Waals surface area (Å²) in [4.78, 5) is 24.0. The minimum absolute atomic E-state index is 0.0526. The van der Waals surface area contributed by atoms with E-state index in [1.807, 2.05) is 17.0 Å². The summed E-state index contributed by atoms with van der Waals surface area (Å²) in [7, 11) is 3.18. The van der Waals surface area contributed by atoms with Crippen LogP contribution in [0.3, 0.4) is 0 Å². The molecule has 1 aliphatic heterocycles. The van der Waals surface area contributed by atoms with Crippen LogP contribution in [0.15, 0.2) is 48.8 Å². The third-order valence-electron chi connectivity index (χ3n) is 5.96. The largest absolute Gasteiger partial charge is 0.481 e. The van der Waals surface area contributed by atoms with Gasteiger partial charge in [-0.1, -0.05) is 52.4 Å². The molecule has 1 unspecified atom stereocenters. The fourth-order valence-corrected chi connectivity index (χ4v) is 5.40. The van der Waals surface area contributed by atoms with Gasteiger partial charge >= 0.3 is 0 Å². The molecule has 5 rings (SSSR count). The number of ether oxygens (including phenoxy) is 2. The number of rotatable bonds is 5. The Balaban J connectivity index is 1.46. The fourth-order valence-electron chi connectivity index (χ4n) is 4.31. The quantitative estimate of drug-likeness (QED) is 0.249. The molecule has 0 saturated heterocycles. The van der Waals surface area contributed by atoms with Crippen molar-refractivity contribution in [2.24, 2.45) is 0 Å². The molecule has 3 aromatic heterocycles. The first-order valence-corrected chi connectivity index (χ1v) is 12.5. The van der Waals surface area contributed by atoms with Gasteiger partial charge in [0.2, 0.25) is 11.8 Å². The molecule has 34 heavy (non-hydrogen) atoms. The number of carbonyl (C=O) groups is 1. The molecule has 8 nitrogen and oxygen atoms in total. The molecule has 1 aromatic carbocycles. The summed E-state index contributed by atoms with van der Waals surface area (Å²) < 4.78 is 13.0. The Hall–Kier alpha value is -2.92. The predicted octanol–water partition coefficient (Wildman–Crippen LogP) is 4.64. The molecule has 0 aliphatic carbocycles. The zero-order valence-electron chi connectivity index (χ0n) is 18.5. The number of benzene rings is 1. The summed E-state index contributed by atoms with van der Waals surface area (Å²) >= 11 is 8.35. The highest BCUT2D eigenvalue weighted by molar-refractivity contribution is 14.1. The SMILES string of the molecule is COc1ccc(-c2ccc3c(c2)CCN(C(=O)c2cc4ncc(Cl)cn4n2)C3CI)c(OC)n1. The molecule has 174 valence electrons. The summed E-state index contributed by atoms with van der Waals surface area (Å²) in [6.07, 6.45) is 3.93. The molecule has 1 atom stereocenters. The van der Waals surface area contributed by atoms with Gasteiger partial charge < -0.3 is 14.4 Å². The first-order chi connectivity index (χ1) is 16.5. The first kappa shape index (κ1) is 22.9. The van der Waals surface area contributed by atoms with Crippen molar-refractivity contribution in [3.05, 3.63) is 70.6 Å². The summed E-state index contributed by atoms with van der Waals surface area (Å²) in [5, 5.41) is 4.87. The average molecular weight is 590 g/mol. The molecular formula is C24H21ClIN5O3. The van der Waals surface area contributed by atoms with Gasteiger partial charge in [-0.15, -0.1) is 0 Å². The molecule has 0 radical (unpaired) electrons. The Labute approximate surface area is 215 Å². The van der Waals surface area contributed by atoms with E-state index < -0.39 is 0 Å². The Kier molecular flexibility index (Phi) is 6.30. The Bertz CT molecular complexity index is 1390. The molecule has 10 heteroatoms. The average Bonchev–Trinajstić information content (AvgIpc) is 3.30. The minimum atomic E-state index is -0.112. The van der Waals surface area contributed by atoms with Crippen LogP contribution in [0, 0.1) is 0 Å². The van der Waals surface area contributed by atoms with E-state index in [0.717, 1.165) is 27.5 Å². The smallest absolute Gasteiger partial charge is 0.275 e. The molecule has 4 heterocycles. The van der Waals surface area contributed by atoms with Gasteiger partial charge in [-0.3, -0.25) is 4.79 Å². The van der Waals surface area contributed by atoms with Crippen molar-refractivity contribution in [3.8, 4) is 22.9 Å². The van der Waals surface area contributed by atoms with Crippen LogP contribution in [-0.2, 0) is 6.42 Å². The summed E-state index contributed by atoms with van der Waals surface area (Å²) in [6.45, 7) is 0.600. The summed E-state index contributed by atoms with van der Waals surface area (Å²) in [5.74, 6) is 0.902. The van der Waals surface area contributed by atoms with Gasteiger partial charge in [-0.25, -0.2) is 9.50 Å². The number of carbonyl (C=O) groups excluding carboxylic acids is 1. The number of alkyl halides is 1. The van der Waals surface area contributed by atoms with Crippen LogP contribution in [0.4, 0.5) is 0 Å². The van der Waals surface area contributed by atoms with E-state index in [-0.39, 0.29) is 11.9 Å². The second-order valence-electron chi connectivity index (χ2n) is 7.85. The lowest BCUT2D eigenvalue weighted by atomic mass is 9.90. The second-order valence-corrected chi connectivity index (χ2v) is 9.16. The highest BCUT2D eigenvalue weighted by Gasteiger charge is 2.32. The van der Waals surface area contributed by atoms with Crippen molar-refractivity contribution in [1.29, 1.82) is 0 Å². The van der Waals surface area contributed by atoms with Crippen LogP contribution in [-0.4, -0.2) is 55.6 Å². The number of hydrogen-bond acceptors (Lipinski definition) is 6. The van der Waals surface area contributed by atoms with Crippen LogP contribution in [0.25, 0.3) is 16.8 Å². The molecule has 1 aliphatic rings. The van der Waals surface area contributed by atoms with Gasteiger partial charge in [0, 0.05) is 34.9 Å². The van der Waals surface area contributed by atoms with Crippen LogP contribution >= 0.6 is 34.2 Å². The maximum Gasteiger partial charge on any atom is 0.275 e. The highest BCUT2D eigenvalue weighted by Crippen LogP contribution is 2.37. The topological polar surface area (TPSA) is 81.9 Å². The highest BCUT2D eigenvalue weighted by atomic mass is 127. The normalized spacial score (nSPS) is 15.3.